The molecule has 2 rings (SSSR count). The Bertz CT molecular complexity index is 809. The summed E-state index contributed by atoms with van der Waals surface area (Å²) in [5.41, 5.74) is 6.73. The SMILES string of the molecule is C\C=C/C(F)=C\C=C\CN(C(C)=O)C(=O)C1(N)CCN(CCCc2ccccc2)CC1. The van der Waals surface area contributed by atoms with Gasteiger partial charge in [0.05, 0.1) is 5.54 Å². The van der Waals surface area contributed by atoms with Crippen LogP contribution in [0.5, 0.6) is 0 Å². The van der Waals surface area contributed by atoms with Crippen molar-refractivity contribution in [1.29, 1.82) is 0 Å². The zero-order chi connectivity index (χ0) is 22.7. The molecule has 0 atom stereocenters. The van der Waals surface area contributed by atoms with Gasteiger partial charge in [0.2, 0.25) is 11.8 Å². The Kier molecular flexibility index (Phi) is 9.82. The van der Waals surface area contributed by atoms with Gasteiger partial charge in [-0.05, 0) is 56.9 Å². The molecule has 5 nitrogen and oxygen atoms in total. The Morgan fingerprint density at radius 3 is 2.52 bits per heavy atom. The van der Waals surface area contributed by atoms with Gasteiger partial charge in [-0.25, -0.2) is 4.39 Å². The summed E-state index contributed by atoms with van der Waals surface area (Å²) < 4.78 is 13.4. The highest BCUT2D eigenvalue weighted by molar-refractivity contribution is 5.99. The van der Waals surface area contributed by atoms with E-state index in [1.165, 1.54) is 30.7 Å². The third-order valence-corrected chi connectivity index (χ3v) is 5.59. The lowest BCUT2D eigenvalue weighted by Crippen LogP contribution is -2.61. The first-order chi connectivity index (χ1) is 14.9. The number of nitrogens with two attached hydrogens (primary N) is 1. The number of imide groups is 1. The van der Waals surface area contributed by atoms with E-state index in [1.807, 2.05) is 6.07 Å². The summed E-state index contributed by atoms with van der Waals surface area (Å²) >= 11 is 0. The highest BCUT2D eigenvalue weighted by atomic mass is 19.1. The number of nitrogens with zero attached hydrogens (tertiary/aromatic N) is 2. The van der Waals surface area contributed by atoms with Crippen molar-refractivity contribution in [3.05, 3.63) is 72.1 Å². The number of amides is 2. The molecule has 6 heteroatoms. The summed E-state index contributed by atoms with van der Waals surface area (Å²) in [5, 5.41) is 0. The van der Waals surface area contributed by atoms with E-state index in [1.54, 1.807) is 19.1 Å². The molecule has 0 unspecified atom stereocenters. The average Bonchev–Trinajstić information content (AvgIpc) is 2.75. The third kappa shape index (κ3) is 7.89. The number of hydrogen-bond donors (Lipinski definition) is 1. The zero-order valence-corrected chi connectivity index (χ0v) is 18.6. The van der Waals surface area contributed by atoms with E-state index in [0.717, 1.165) is 37.4 Å². The van der Waals surface area contributed by atoms with E-state index in [2.05, 4.69) is 29.2 Å². The average molecular weight is 428 g/mol. The third-order valence-electron chi connectivity index (χ3n) is 5.59. The number of carbonyl (C=O) groups is 2. The van der Waals surface area contributed by atoms with Crippen LogP contribution in [-0.4, -0.2) is 53.3 Å². The smallest absolute Gasteiger partial charge is 0.249 e. The molecule has 1 heterocycles. The summed E-state index contributed by atoms with van der Waals surface area (Å²) in [6.07, 6.45) is 10.4. The summed E-state index contributed by atoms with van der Waals surface area (Å²) in [6.45, 7) is 5.58. The van der Waals surface area contributed by atoms with Crippen LogP contribution >= 0.6 is 0 Å². The summed E-state index contributed by atoms with van der Waals surface area (Å²) in [5.74, 6) is -1.11. The molecule has 1 fully saturated rings. The molecule has 0 spiro atoms. The summed E-state index contributed by atoms with van der Waals surface area (Å²) in [6, 6.07) is 10.4. The molecule has 2 amide bonds. The number of allylic oxidation sites excluding steroid dienone is 5. The molecule has 2 N–H and O–H groups in total. The van der Waals surface area contributed by atoms with E-state index in [-0.39, 0.29) is 18.4 Å². The number of hydrogen-bond acceptors (Lipinski definition) is 4. The monoisotopic (exact) mass is 427 g/mol. The molecule has 31 heavy (non-hydrogen) atoms. The number of halogens is 1. The van der Waals surface area contributed by atoms with Crippen molar-refractivity contribution >= 4 is 11.8 Å². The van der Waals surface area contributed by atoms with E-state index in [9.17, 15) is 14.0 Å². The lowest BCUT2D eigenvalue weighted by atomic mass is 9.86. The zero-order valence-electron chi connectivity index (χ0n) is 18.6. The minimum absolute atomic E-state index is 0.0769. The van der Waals surface area contributed by atoms with Crippen molar-refractivity contribution in [2.75, 3.05) is 26.2 Å². The molecule has 1 saturated heterocycles. The van der Waals surface area contributed by atoms with Crippen LogP contribution in [0.25, 0.3) is 0 Å². The molecule has 0 aliphatic carbocycles. The van der Waals surface area contributed by atoms with Crippen molar-refractivity contribution in [1.82, 2.24) is 9.80 Å². The second-order valence-electron chi connectivity index (χ2n) is 8.00. The second-order valence-corrected chi connectivity index (χ2v) is 8.00. The van der Waals surface area contributed by atoms with Gasteiger partial charge in [0.25, 0.3) is 0 Å². The van der Waals surface area contributed by atoms with Crippen LogP contribution in [-0.2, 0) is 16.0 Å². The lowest BCUT2D eigenvalue weighted by Gasteiger charge is -2.40. The number of aryl methyl sites for hydroxylation is 1. The van der Waals surface area contributed by atoms with E-state index in [4.69, 9.17) is 5.73 Å². The number of carbonyl (C=O) groups excluding carboxylic acids is 2. The highest BCUT2D eigenvalue weighted by Gasteiger charge is 2.41. The Balaban J connectivity index is 1.86. The van der Waals surface area contributed by atoms with Crippen LogP contribution in [0.15, 0.2) is 66.5 Å². The Morgan fingerprint density at radius 2 is 1.90 bits per heavy atom. The van der Waals surface area contributed by atoms with Crippen LogP contribution in [0.2, 0.25) is 0 Å². The molecule has 0 radical (unpaired) electrons. The summed E-state index contributed by atoms with van der Waals surface area (Å²) in [4.78, 5) is 28.6. The second kappa shape index (κ2) is 12.3. The fourth-order valence-corrected chi connectivity index (χ4v) is 3.71. The Hall–Kier alpha value is -2.57. The fraction of sp³-hybridized carbons (Fsp3) is 0.440. The van der Waals surface area contributed by atoms with Crippen LogP contribution in [0.4, 0.5) is 4.39 Å². The van der Waals surface area contributed by atoms with E-state index in [0.29, 0.717) is 12.8 Å². The maximum atomic E-state index is 13.4. The molecule has 0 saturated carbocycles. The maximum absolute atomic E-state index is 13.4. The predicted octanol–water partition coefficient (Wildman–Crippen LogP) is 3.77. The van der Waals surface area contributed by atoms with E-state index >= 15 is 0 Å². The molecule has 168 valence electrons. The van der Waals surface area contributed by atoms with Gasteiger partial charge in [-0.15, -0.1) is 0 Å². The first-order valence-electron chi connectivity index (χ1n) is 10.9. The van der Waals surface area contributed by atoms with Gasteiger partial charge >= 0.3 is 0 Å². The van der Waals surface area contributed by atoms with Gasteiger partial charge in [-0.2, -0.15) is 0 Å². The first kappa shape index (κ1) is 24.7. The van der Waals surface area contributed by atoms with Crippen molar-refractivity contribution in [3.8, 4) is 0 Å². The number of piperidine rings is 1. The van der Waals surface area contributed by atoms with Crippen molar-refractivity contribution in [2.45, 2.75) is 45.1 Å². The van der Waals surface area contributed by atoms with Crippen molar-refractivity contribution < 1.29 is 14.0 Å². The predicted molar refractivity (Wildman–Crippen MR) is 123 cm³/mol. The first-order valence-corrected chi connectivity index (χ1v) is 10.9. The van der Waals surface area contributed by atoms with Gasteiger partial charge in [0.15, 0.2) is 0 Å². The molecule has 1 aromatic rings. The van der Waals surface area contributed by atoms with Crippen LogP contribution < -0.4 is 5.73 Å². The largest absolute Gasteiger partial charge is 0.317 e. The number of rotatable bonds is 9. The van der Waals surface area contributed by atoms with Gasteiger partial charge in [0, 0.05) is 26.6 Å². The van der Waals surface area contributed by atoms with Crippen LogP contribution in [0.3, 0.4) is 0 Å². The topological polar surface area (TPSA) is 66.6 Å². The minimum Gasteiger partial charge on any atom is -0.317 e. The molecular weight excluding hydrogens is 393 g/mol. The normalized spacial score (nSPS) is 17.4. The van der Waals surface area contributed by atoms with Crippen molar-refractivity contribution in [2.24, 2.45) is 5.73 Å². The lowest BCUT2D eigenvalue weighted by molar-refractivity contribution is -0.147. The quantitative estimate of drug-likeness (QED) is 0.609. The number of benzene rings is 1. The number of likely N-dealkylation sites (tertiary alicyclic amines) is 1. The molecular formula is C25H34FN3O2. The molecule has 0 aromatic heterocycles. The molecule has 1 aliphatic heterocycles. The van der Waals surface area contributed by atoms with Crippen molar-refractivity contribution in [3.63, 3.8) is 0 Å². The molecule has 0 bridgehead atoms. The highest BCUT2D eigenvalue weighted by Crippen LogP contribution is 2.23. The van der Waals surface area contributed by atoms with Crippen LogP contribution in [0, 0.1) is 0 Å². The summed E-state index contributed by atoms with van der Waals surface area (Å²) in [7, 11) is 0. The van der Waals surface area contributed by atoms with Crippen LogP contribution in [0.1, 0.15) is 38.7 Å². The standard InChI is InChI=1S/C25H34FN3O2/c1-3-10-23(26)14-7-8-18-29(21(2)30)24(31)25(27)15-19-28(20-16-25)17-9-13-22-11-5-4-6-12-22/h3-8,10-12,14H,9,13,15-20,27H2,1-2H3/b8-7+,10-3-,23-14+. The fourth-order valence-electron chi connectivity index (χ4n) is 3.71. The maximum Gasteiger partial charge on any atom is 0.249 e. The van der Waals surface area contributed by atoms with Gasteiger partial charge in [0.1, 0.15) is 5.83 Å². The van der Waals surface area contributed by atoms with Gasteiger partial charge in [-0.3, -0.25) is 14.5 Å². The van der Waals surface area contributed by atoms with Gasteiger partial charge in [-0.1, -0.05) is 48.6 Å². The molecule has 1 aliphatic rings. The molecule has 1 aromatic carbocycles. The Labute approximate surface area is 185 Å². The minimum atomic E-state index is -1.04. The van der Waals surface area contributed by atoms with E-state index < -0.39 is 11.4 Å². The van der Waals surface area contributed by atoms with Gasteiger partial charge < -0.3 is 10.6 Å². The Morgan fingerprint density at radius 1 is 1.23 bits per heavy atom.